The summed E-state index contributed by atoms with van der Waals surface area (Å²) in [4.78, 5) is 20.3. The molecule has 0 bridgehead atoms. The summed E-state index contributed by atoms with van der Waals surface area (Å²) in [6.45, 7) is 6.24. The van der Waals surface area contributed by atoms with E-state index >= 15 is 0 Å². The first-order chi connectivity index (χ1) is 17.8. The van der Waals surface area contributed by atoms with Gasteiger partial charge in [-0.15, -0.1) is 0 Å². The summed E-state index contributed by atoms with van der Waals surface area (Å²) >= 11 is 0. The zero-order valence-electron chi connectivity index (χ0n) is 22.0. The summed E-state index contributed by atoms with van der Waals surface area (Å²) in [6.07, 6.45) is 5.07. The Morgan fingerprint density at radius 3 is 1.32 bits per heavy atom. The predicted octanol–water partition coefficient (Wildman–Crippen LogP) is -3.77. The number of aromatic nitrogens is 5. The molecule has 2 aromatic carbocycles. The van der Waals surface area contributed by atoms with Crippen LogP contribution in [0.15, 0.2) is 66.7 Å². The van der Waals surface area contributed by atoms with Crippen molar-refractivity contribution in [3.8, 4) is 23.0 Å². The van der Waals surface area contributed by atoms with Crippen molar-refractivity contribution in [1.29, 1.82) is 0 Å². The molecule has 5 aromatic rings. The van der Waals surface area contributed by atoms with Gasteiger partial charge in [0.2, 0.25) is 0 Å². The second-order valence-electron chi connectivity index (χ2n) is 10.0. The van der Waals surface area contributed by atoms with E-state index in [1.807, 2.05) is 0 Å². The minimum absolute atomic E-state index is 0. The van der Waals surface area contributed by atoms with E-state index in [0.717, 1.165) is 84.6 Å². The maximum Gasteiger partial charge on any atom is 3.00 e. The molecule has 7 nitrogen and oxygen atoms in total. The van der Waals surface area contributed by atoms with Crippen molar-refractivity contribution >= 4 is 22.1 Å². The second kappa shape index (κ2) is 14.1. The molecule has 11 heteroatoms. The Bertz CT molecular complexity index is 1430. The van der Waals surface area contributed by atoms with E-state index in [9.17, 15) is 0 Å². The maximum absolute atomic E-state index is 5.17. The van der Waals surface area contributed by atoms with E-state index in [1.165, 1.54) is 25.7 Å². The number of para-hydroxylation sites is 4. The van der Waals surface area contributed by atoms with E-state index < -0.39 is 0 Å². The number of benzene rings is 2. The van der Waals surface area contributed by atoms with Gasteiger partial charge in [-0.1, -0.05) is 30.3 Å². The van der Waals surface area contributed by atoms with Crippen molar-refractivity contribution in [2.75, 3.05) is 26.2 Å². The standard InChI is InChI=1S/C29H31N7.3ClH.Fe/c1-3-14-26-22(10-1)31-28(35(26)20-33-16-5-6-17-33)24-12-9-13-25(30-24)29-32-23-11-2-4-15-27(23)36(29)21-34-18-7-8-19-34;;;;/h1-4,9-15H,5-8,16-21H2;3*1H;/q;;;;+3/p-3. The third-order valence-corrected chi connectivity index (χ3v) is 7.60. The predicted molar refractivity (Wildman–Crippen MR) is 143 cm³/mol. The average molecular weight is 640 g/mol. The van der Waals surface area contributed by atoms with Crippen molar-refractivity contribution in [1.82, 2.24) is 33.9 Å². The minimum Gasteiger partial charge on any atom is -1.00 e. The van der Waals surface area contributed by atoms with Gasteiger partial charge in [-0.05, 0) is 88.3 Å². The molecule has 40 heavy (non-hydrogen) atoms. The first kappa shape index (κ1) is 32.4. The van der Waals surface area contributed by atoms with Gasteiger partial charge < -0.3 is 46.4 Å². The van der Waals surface area contributed by atoms with E-state index in [2.05, 4.69) is 85.7 Å². The smallest absolute Gasteiger partial charge is 1.00 e. The van der Waals surface area contributed by atoms with E-state index in [1.54, 1.807) is 0 Å². The molecular formula is C29H31Cl3FeN7. The van der Waals surface area contributed by atoms with Crippen molar-refractivity contribution < 1.29 is 54.3 Å². The van der Waals surface area contributed by atoms with Gasteiger partial charge in [-0.2, -0.15) is 0 Å². The molecule has 211 valence electrons. The van der Waals surface area contributed by atoms with Crippen LogP contribution in [-0.4, -0.2) is 60.1 Å². The first-order valence-electron chi connectivity index (χ1n) is 13.2. The Labute approximate surface area is 264 Å². The second-order valence-corrected chi connectivity index (χ2v) is 10.0. The zero-order valence-corrected chi connectivity index (χ0v) is 25.4. The van der Waals surface area contributed by atoms with Gasteiger partial charge in [0, 0.05) is 0 Å². The number of nitrogens with zero attached hydrogens (tertiary/aromatic N) is 7. The molecule has 5 heterocycles. The van der Waals surface area contributed by atoms with E-state index in [0.29, 0.717) is 0 Å². The van der Waals surface area contributed by atoms with Gasteiger partial charge in [-0.25, -0.2) is 15.0 Å². The van der Waals surface area contributed by atoms with Gasteiger partial charge >= 0.3 is 17.1 Å². The molecule has 0 unspecified atom stereocenters. The molecule has 0 spiro atoms. The number of pyridine rings is 1. The quantitative estimate of drug-likeness (QED) is 0.179. The Hall–Kier alpha value is -2.16. The number of fused-ring (bicyclic) bond motifs is 2. The summed E-state index contributed by atoms with van der Waals surface area (Å²) in [5.74, 6) is 1.85. The molecule has 1 radical (unpaired) electrons. The summed E-state index contributed by atoms with van der Waals surface area (Å²) < 4.78 is 4.67. The average Bonchev–Trinajstić information content (AvgIpc) is 3.73. The summed E-state index contributed by atoms with van der Waals surface area (Å²) in [7, 11) is 0. The summed E-state index contributed by atoms with van der Waals surface area (Å²) in [5, 5.41) is 0. The van der Waals surface area contributed by atoms with Crippen LogP contribution < -0.4 is 37.2 Å². The first-order valence-corrected chi connectivity index (χ1v) is 13.2. The van der Waals surface area contributed by atoms with Crippen LogP contribution in [0.2, 0.25) is 0 Å². The Balaban J connectivity index is 0.00000110. The van der Waals surface area contributed by atoms with Crippen LogP contribution in [0, 0.1) is 0 Å². The molecule has 0 amide bonds. The van der Waals surface area contributed by atoms with Crippen molar-refractivity contribution in [3.63, 3.8) is 0 Å². The molecule has 0 aliphatic carbocycles. The van der Waals surface area contributed by atoms with Crippen LogP contribution in [0.1, 0.15) is 25.7 Å². The van der Waals surface area contributed by atoms with Gasteiger partial charge in [0.1, 0.15) is 11.4 Å². The SMILES string of the molecule is [Cl-].[Cl-].[Cl-].[Fe+3].c1cc(-c2nc3ccccc3n2CN2CCCC2)nc(-c2nc3ccccc3n2CN2CCCC2)c1. The molecule has 0 N–H and O–H groups in total. The Morgan fingerprint density at radius 2 is 0.900 bits per heavy atom. The van der Waals surface area contributed by atoms with Crippen LogP contribution in [0.4, 0.5) is 0 Å². The number of rotatable bonds is 6. The van der Waals surface area contributed by atoms with Crippen molar-refractivity contribution in [2.24, 2.45) is 0 Å². The van der Waals surface area contributed by atoms with Gasteiger partial charge in [-0.3, -0.25) is 9.80 Å². The molecule has 2 fully saturated rings. The molecular weight excluding hydrogens is 609 g/mol. The molecule has 2 aliphatic rings. The normalized spacial score (nSPS) is 15.4. The number of imidazole rings is 2. The molecule has 0 saturated carbocycles. The van der Waals surface area contributed by atoms with Crippen molar-refractivity contribution in [3.05, 3.63) is 66.7 Å². The Morgan fingerprint density at radius 1 is 0.500 bits per heavy atom. The molecule has 2 aliphatic heterocycles. The molecule has 0 atom stereocenters. The minimum atomic E-state index is 0. The monoisotopic (exact) mass is 638 g/mol. The summed E-state index contributed by atoms with van der Waals surface area (Å²) in [5.41, 5.74) is 6.13. The number of likely N-dealkylation sites (tertiary alicyclic amines) is 2. The number of halogens is 3. The van der Waals surface area contributed by atoms with E-state index in [-0.39, 0.29) is 54.3 Å². The number of hydrogen-bond acceptors (Lipinski definition) is 5. The molecule has 3 aromatic heterocycles. The third-order valence-electron chi connectivity index (χ3n) is 7.60. The fourth-order valence-electron chi connectivity index (χ4n) is 5.76. The number of hydrogen-bond donors (Lipinski definition) is 0. The van der Waals surface area contributed by atoms with Crippen LogP contribution in [0.25, 0.3) is 45.1 Å². The van der Waals surface area contributed by atoms with Gasteiger partial charge in [0.05, 0.1) is 35.4 Å². The van der Waals surface area contributed by atoms with Crippen LogP contribution in [0.3, 0.4) is 0 Å². The molecule has 7 rings (SSSR count). The van der Waals surface area contributed by atoms with Gasteiger partial charge in [0.15, 0.2) is 11.6 Å². The summed E-state index contributed by atoms with van der Waals surface area (Å²) in [6, 6.07) is 23.1. The van der Waals surface area contributed by atoms with Crippen molar-refractivity contribution in [2.45, 2.75) is 39.0 Å². The van der Waals surface area contributed by atoms with Crippen LogP contribution in [0.5, 0.6) is 0 Å². The fourth-order valence-corrected chi connectivity index (χ4v) is 5.76. The largest absolute Gasteiger partial charge is 3.00 e. The van der Waals surface area contributed by atoms with Gasteiger partial charge in [0.25, 0.3) is 0 Å². The van der Waals surface area contributed by atoms with Crippen LogP contribution >= 0.6 is 0 Å². The van der Waals surface area contributed by atoms with Crippen LogP contribution in [-0.2, 0) is 30.4 Å². The Kier molecular flexibility index (Phi) is 11.4. The van der Waals surface area contributed by atoms with E-state index in [4.69, 9.17) is 15.0 Å². The fraction of sp³-hybridized carbons (Fsp3) is 0.345. The zero-order chi connectivity index (χ0) is 23.9. The molecule has 2 saturated heterocycles. The maximum atomic E-state index is 5.17. The third kappa shape index (κ3) is 6.19. The topological polar surface area (TPSA) is 55.0 Å².